The average Bonchev–Trinajstić information content (AvgIpc) is 3.00. The second kappa shape index (κ2) is 7.78. The summed E-state index contributed by atoms with van der Waals surface area (Å²) in [6.07, 6.45) is 7.33. The second-order valence-corrected chi connectivity index (χ2v) is 5.64. The van der Waals surface area contributed by atoms with Gasteiger partial charge in [-0.1, -0.05) is 37.3 Å². The third-order valence-corrected chi connectivity index (χ3v) is 3.91. The maximum Gasteiger partial charge on any atom is 0.306 e. The molecule has 1 amide bonds. The quantitative estimate of drug-likeness (QED) is 0.647. The normalized spacial score (nSPS) is 16.5. The predicted octanol–water partition coefficient (Wildman–Crippen LogP) is 3.40. The monoisotopic (exact) mass is 301 g/mol. The summed E-state index contributed by atoms with van der Waals surface area (Å²) in [7, 11) is 0. The third kappa shape index (κ3) is 4.45. The summed E-state index contributed by atoms with van der Waals surface area (Å²) in [6.45, 7) is 3.76. The Morgan fingerprint density at radius 3 is 2.86 bits per heavy atom. The lowest BCUT2D eigenvalue weighted by Crippen LogP contribution is -2.22. The van der Waals surface area contributed by atoms with Crippen LogP contribution < -0.4 is 5.32 Å². The van der Waals surface area contributed by atoms with Crippen LogP contribution in [0, 0.1) is 12.8 Å². The molecule has 0 saturated carbocycles. The highest BCUT2D eigenvalue weighted by Gasteiger charge is 2.16. The van der Waals surface area contributed by atoms with Gasteiger partial charge in [0.15, 0.2) is 6.61 Å². The lowest BCUT2D eigenvalue weighted by molar-refractivity contribution is -0.147. The van der Waals surface area contributed by atoms with Crippen molar-refractivity contribution in [2.75, 3.05) is 11.9 Å². The number of nitrogens with one attached hydrogen (secondary N) is 1. The standard InChI is InChI=1S/C18H23NO3/c1-3-15-10-6-7-13(2)18(15)19-16(20)12-22-17(21)11-14-8-4-5-9-14/h4,6-8,10,14H,3,5,9,11-12H2,1-2H3,(H,19,20)/t14-/m0/s1. The molecule has 0 bridgehead atoms. The topological polar surface area (TPSA) is 55.4 Å². The fourth-order valence-corrected chi connectivity index (χ4v) is 2.66. The molecule has 0 aliphatic heterocycles. The zero-order chi connectivity index (χ0) is 15.9. The largest absolute Gasteiger partial charge is 0.456 e. The highest BCUT2D eigenvalue weighted by Crippen LogP contribution is 2.22. The molecule has 2 rings (SSSR count). The molecule has 1 aliphatic carbocycles. The van der Waals surface area contributed by atoms with Crippen LogP contribution in [0.4, 0.5) is 5.69 Å². The number of para-hydroxylation sites is 1. The molecule has 0 heterocycles. The zero-order valence-corrected chi connectivity index (χ0v) is 13.2. The first-order chi connectivity index (χ1) is 10.6. The van der Waals surface area contributed by atoms with Crippen molar-refractivity contribution in [2.45, 2.75) is 39.5 Å². The predicted molar refractivity (Wildman–Crippen MR) is 86.6 cm³/mol. The molecule has 0 unspecified atom stereocenters. The van der Waals surface area contributed by atoms with Crippen LogP contribution in [0.25, 0.3) is 0 Å². The van der Waals surface area contributed by atoms with Gasteiger partial charge in [0, 0.05) is 5.69 Å². The first-order valence-electron chi connectivity index (χ1n) is 7.80. The lowest BCUT2D eigenvalue weighted by atomic mass is 10.1. The maximum atomic E-state index is 12.0. The minimum atomic E-state index is -0.313. The Morgan fingerprint density at radius 2 is 2.18 bits per heavy atom. The van der Waals surface area contributed by atoms with Gasteiger partial charge in [0.1, 0.15) is 0 Å². The number of esters is 1. The summed E-state index contributed by atoms with van der Waals surface area (Å²) in [6, 6.07) is 5.91. The molecule has 4 heteroatoms. The number of hydrogen-bond acceptors (Lipinski definition) is 3. The van der Waals surface area contributed by atoms with Gasteiger partial charge in [0.25, 0.3) is 5.91 Å². The molecule has 118 valence electrons. The number of carbonyl (C=O) groups excluding carboxylic acids is 2. The molecule has 0 radical (unpaired) electrons. The van der Waals surface area contributed by atoms with Gasteiger partial charge in [-0.25, -0.2) is 0 Å². The summed E-state index contributed by atoms with van der Waals surface area (Å²) in [5.41, 5.74) is 2.91. The molecule has 0 aromatic heterocycles. The van der Waals surface area contributed by atoms with E-state index in [9.17, 15) is 9.59 Å². The first-order valence-corrected chi connectivity index (χ1v) is 7.80. The van der Waals surface area contributed by atoms with Gasteiger partial charge >= 0.3 is 5.97 Å². The van der Waals surface area contributed by atoms with E-state index in [2.05, 4.69) is 11.4 Å². The fourth-order valence-electron chi connectivity index (χ4n) is 2.66. The molecular formula is C18H23NO3. The van der Waals surface area contributed by atoms with Crippen molar-refractivity contribution in [1.29, 1.82) is 0 Å². The van der Waals surface area contributed by atoms with Gasteiger partial charge in [-0.3, -0.25) is 9.59 Å². The minimum absolute atomic E-state index is 0.229. The van der Waals surface area contributed by atoms with Crippen LogP contribution in [0.15, 0.2) is 30.4 Å². The van der Waals surface area contributed by atoms with E-state index in [1.807, 2.05) is 38.1 Å². The number of rotatable bonds is 6. The summed E-state index contributed by atoms with van der Waals surface area (Å²) in [5.74, 6) is -0.342. The SMILES string of the molecule is CCc1cccc(C)c1NC(=O)COC(=O)C[C@H]1C=CCC1. The molecule has 22 heavy (non-hydrogen) atoms. The number of amides is 1. The van der Waals surface area contributed by atoms with E-state index in [0.29, 0.717) is 6.42 Å². The Labute approximate surface area is 131 Å². The van der Waals surface area contributed by atoms with E-state index < -0.39 is 0 Å². The van der Waals surface area contributed by atoms with E-state index in [-0.39, 0.29) is 24.4 Å². The van der Waals surface area contributed by atoms with Gasteiger partial charge in [-0.2, -0.15) is 0 Å². The highest BCUT2D eigenvalue weighted by atomic mass is 16.5. The van der Waals surface area contributed by atoms with Crippen molar-refractivity contribution < 1.29 is 14.3 Å². The molecule has 4 nitrogen and oxygen atoms in total. The lowest BCUT2D eigenvalue weighted by Gasteiger charge is -2.13. The number of benzene rings is 1. The average molecular weight is 301 g/mol. The Hall–Kier alpha value is -2.10. The van der Waals surface area contributed by atoms with Crippen molar-refractivity contribution in [3.05, 3.63) is 41.5 Å². The fraction of sp³-hybridized carbons (Fsp3) is 0.444. The van der Waals surface area contributed by atoms with Gasteiger partial charge in [0.2, 0.25) is 0 Å². The molecule has 1 aliphatic rings. The Kier molecular flexibility index (Phi) is 5.75. The number of ether oxygens (including phenoxy) is 1. The molecule has 1 aromatic rings. The molecule has 1 aromatic carbocycles. The van der Waals surface area contributed by atoms with Crippen molar-refractivity contribution >= 4 is 17.6 Å². The van der Waals surface area contributed by atoms with Crippen LogP contribution in [0.1, 0.15) is 37.3 Å². The molecule has 0 spiro atoms. The zero-order valence-electron chi connectivity index (χ0n) is 13.2. The Balaban J connectivity index is 1.83. The molecule has 1 N–H and O–H groups in total. The number of carbonyl (C=O) groups is 2. The Morgan fingerprint density at radius 1 is 1.36 bits per heavy atom. The van der Waals surface area contributed by atoms with E-state index in [1.54, 1.807) is 0 Å². The van der Waals surface area contributed by atoms with E-state index in [1.165, 1.54) is 0 Å². The van der Waals surface area contributed by atoms with Gasteiger partial charge < -0.3 is 10.1 Å². The minimum Gasteiger partial charge on any atom is -0.456 e. The maximum absolute atomic E-state index is 12.0. The third-order valence-electron chi connectivity index (χ3n) is 3.91. The summed E-state index contributed by atoms with van der Waals surface area (Å²) < 4.78 is 5.07. The smallest absolute Gasteiger partial charge is 0.306 e. The van der Waals surface area contributed by atoms with Crippen LogP contribution >= 0.6 is 0 Å². The van der Waals surface area contributed by atoms with Crippen LogP contribution in [0.2, 0.25) is 0 Å². The molecule has 1 atom stereocenters. The first kappa shape index (κ1) is 16.3. The van der Waals surface area contributed by atoms with Crippen LogP contribution in [-0.2, 0) is 20.7 Å². The number of anilines is 1. The number of aryl methyl sites for hydroxylation is 2. The van der Waals surface area contributed by atoms with Crippen LogP contribution in [-0.4, -0.2) is 18.5 Å². The summed E-state index contributed by atoms with van der Waals surface area (Å²) in [4.78, 5) is 23.7. The number of allylic oxidation sites excluding steroid dienone is 2. The van der Waals surface area contributed by atoms with Crippen molar-refractivity contribution in [3.63, 3.8) is 0 Å². The van der Waals surface area contributed by atoms with Crippen molar-refractivity contribution in [2.24, 2.45) is 5.92 Å². The number of hydrogen-bond donors (Lipinski definition) is 1. The second-order valence-electron chi connectivity index (χ2n) is 5.64. The van der Waals surface area contributed by atoms with Crippen molar-refractivity contribution in [1.82, 2.24) is 0 Å². The van der Waals surface area contributed by atoms with Gasteiger partial charge in [0.05, 0.1) is 6.42 Å². The summed E-state index contributed by atoms with van der Waals surface area (Å²) >= 11 is 0. The molecule has 0 fully saturated rings. The van der Waals surface area contributed by atoms with E-state index in [0.717, 1.165) is 36.1 Å². The van der Waals surface area contributed by atoms with E-state index >= 15 is 0 Å². The summed E-state index contributed by atoms with van der Waals surface area (Å²) in [5, 5.41) is 2.85. The van der Waals surface area contributed by atoms with E-state index in [4.69, 9.17) is 4.74 Å². The molecule has 0 saturated heterocycles. The highest BCUT2D eigenvalue weighted by molar-refractivity contribution is 5.94. The Bertz CT molecular complexity index is 578. The van der Waals surface area contributed by atoms with Crippen LogP contribution in [0.5, 0.6) is 0 Å². The molecular weight excluding hydrogens is 278 g/mol. The van der Waals surface area contributed by atoms with Crippen LogP contribution in [0.3, 0.4) is 0 Å². The van der Waals surface area contributed by atoms with Gasteiger partial charge in [-0.15, -0.1) is 0 Å². The van der Waals surface area contributed by atoms with Gasteiger partial charge in [-0.05, 0) is 43.2 Å². The van der Waals surface area contributed by atoms with Crippen molar-refractivity contribution in [3.8, 4) is 0 Å².